The summed E-state index contributed by atoms with van der Waals surface area (Å²) < 4.78 is 2.12. The molecule has 106 valence electrons. The maximum Gasteiger partial charge on any atom is 0.110 e. The Morgan fingerprint density at radius 3 is 2.95 bits per heavy atom. The summed E-state index contributed by atoms with van der Waals surface area (Å²) in [7, 11) is 2.05. The smallest absolute Gasteiger partial charge is 0.110 e. The SMILES string of the molecule is Cn1c(CC2CNc3ccccc32)nc2cccc(Cl)c21. The van der Waals surface area contributed by atoms with Gasteiger partial charge in [0.15, 0.2) is 0 Å². The number of hydrogen-bond donors (Lipinski definition) is 1. The van der Waals surface area contributed by atoms with Crippen molar-refractivity contribution in [1.82, 2.24) is 9.55 Å². The molecule has 1 aliphatic rings. The van der Waals surface area contributed by atoms with Crippen LogP contribution in [0, 0.1) is 0 Å². The molecule has 0 aliphatic carbocycles. The third-order valence-corrected chi connectivity index (χ3v) is 4.61. The van der Waals surface area contributed by atoms with Gasteiger partial charge in [0.05, 0.1) is 16.1 Å². The number of nitrogens with zero attached hydrogens (tertiary/aromatic N) is 2. The van der Waals surface area contributed by atoms with Crippen molar-refractivity contribution in [1.29, 1.82) is 0 Å². The molecule has 3 nitrogen and oxygen atoms in total. The number of anilines is 1. The number of rotatable bonds is 2. The zero-order valence-electron chi connectivity index (χ0n) is 11.8. The molecule has 0 radical (unpaired) electrons. The van der Waals surface area contributed by atoms with Gasteiger partial charge >= 0.3 is 0 Å². The molecule has 1 aliphatic heterocycles. The Morgan fingerprint density at radius 2 is 2.10 bits per heavy atom. The molecular formula is C17H16ClN3. The van der Waals surface area contributed by atoms with Crippen molar-refractivity contribution < 1.29 is 0 Å². The number of fused-ring (bicyclic) bond motifs is 2. The van der Waals surface area contributed by atoms with E-state index < -0.39 is 0 Å². The highest BCUT2D eigenvalue weighted by atomic mass is 35.5. The number of imidazole rings is 1. The minimum absolute atomic E-state index is 0.468. The fourth-order valence-corrected chi connectivity index (χ4v) is 3.51. The van der Waals surface area contributed by atoms with Gasteiger partial charge in [-0.3, -0.25) is 0 Å². The minimum atomic E-state index is 0.468. The van der Waals surface area contributed by atoms with E-state index in [0.717, 1.165) is 34.8 Å². The Kier molecular flexibility index (Phi) is 2.89. The monoisotopic (exact) mass is 297 g/mol. The first-order chi connectivity index (χ1) is 10.2. The van der Waals surface area contributed by atoms with Gasteiger partial charge in [-0.15, -0.1) is 0 Å². The molecule has 4 rings (SSSR count). The molecule has 0 bridgehead atoms. The molecule has 4 heteroatoms. The topological polar surface area (TPSA) is 29.9 Å². The summed E-state index contributed by atoms with van der Waals surface area (Å²) in [5, 5.41) is 4.23. The van der Waals surface area contributed by atoms with Gasteiger partial charge in [-0.2, -0.15) is 0 Å². The second kappa shape index (κ2) is 4.78. The standard InChI is InChI=1S/C17H16ClN3/c1-21-16(20-15-8-4-6-13(18)17(15)21)9-11-10-19-14-7-3-2-5-12(11)14/h2-8,11,19H,9-10H2,1H3. The zero-order chi connectivity index (χ0) is 14.4. The highest BCUT2D eigenvalue weighted by Crippen LogP contribution is 2.34. The van der Waals surface area contributed by atoms with Crippen LogP contribution in [0.3, 0.4) is 0 Å². The van der Waals surface area contributed by atoms with E-state index in [1.165, 1.54) is 11.3 Å². The predicted octanol–water partition coefficient (Wildman–Crippen LogP) is 3.98. The molecule has 3 aromatic rings. The Balaban J connectivity index is 1.73. The molecule has 0 amide bonds. The average Bonchev–Trinajstić information content (AvgIpc) is 3.03. The molecule has 0 fully saturated rings. The lowest BCUT2D eigenvalue weighted by molar-refractivity contribution is 0.686. The van der Waals surface area contributed by atoms with Crippen LogP contribution in [0.15, 0.2) is 42.5 Å². The van der Waals surface area contributed by atoms with Crippen molar-refractivity contribution in [2.45, 2.75) is 12.3 Å². The van der Waals surface area contributed by atoms with E-state index in [1.807, 2.05) is 25.2 Å². The summed E-state index contributed by atoms with van der Waals surface area (Å²) in [6.45, 7) is 0.969. The molecule has 2 aromatic carbocycles. The molecule has 0 spiro atoms. The van der Waals surface area contributed by atoms with Crippen LogP contribution in [-0.2, 0) is 13.5 Å². The summed E-state index contributed by atoms with van der Waals surface area (Å²) in [6, 6.07) is 14.4. The molecule has 21 heavy (non-hydrogen) atoms. The molecule has 1 N–H and O–H groups in total. The van der Waals surface area contributed by atoms with E-state index in [9.17, 15) is 0 Å². The highest BCUT2D eigenvalue weighted by molar-refractivity contribution is 6.35. The van der Waals surface area contributed by atoms with Crippen LogP contribution in [0.2, 0.25) is 5.02 Å². The van der Waals surface area contributed by atoms with Gasteiger partial charge in [-0.1, -0.05) is 35.9 Å². The molecular weight excluding hydrogens is 282 g/mol. The molecule has 1 atom stereocenters. The van der Waals surface area contributed by atoms with Gasteiger partial charge < -0.3 is 9.88 Å². The zero-order valence-corrected chi connectivity index (χ0v) is 12.6. The lowest BCUT2D eigenvalue weighted by Crippen LogP contribution is -2.09. The average molecular weight is 298 g/mol. The van der Waals surface area contributed by atoms with Crippen LogP contribution in [0.4, 0.5) is 5.69 Å². The normalized spacial score (nSPS) is 17.0. The first-order valence-corrected chi connectivity index (χ1v) is 7.54. The fraction of sp³-hybridized carbons (Fsp3) is 0.235. The summed E-state index contributed by atoms with van der Waals surface area (Å²) in [6.07, 6.45) is 0.922. The first-order valence-electron chi connectivity index (χ1n) is 7.16. The number of halogens is 1. The number of nitrogens with one attached hydrogen (secondary N) is 1. The number of aromatic nitrogens is 2. The Morgan fingerprint density at radius 1 is 1.24 bits per heavy atom. The number of hydrogen-bond acceptors (Lipinski definition) is 2. The summed E-state index contributed by atoms with van der Waals surface area (Å²) in [4.78, 5) is 4.76. The number of benzene rings is 2. The van der Waals surface area contributed by atoms with Crippen LogP contribution in [0.25, 0.3) is 11.0 Å². The number of para-hydroxylation sites is 2. The first kappa shape index (κ1) is 12.7. The van der Waals surface area contributed by atoms with E-state index in [2.05, 4.69) is 34.1 Å². The van der Waals surface area contributed by atoms with E-state index in [1.54, 1.807) is 0 Å². The largest absolute Gasteiger partial charge is 0.384 e. The highest BCUT2D eigenvalue weighted by Gasteiger charge is 2.24. The second-order valence-corrected chi connectivity index (χ2v) is 5.97. The van der Waals surface area contributed by atoms with Crippen molar-refractivity contribution in [2.75, 3.05) is 11.9 Å². The maximum atomic E-state index is 6.30. The van der Waals surface area contributed by atoms with Crippen LogP contribution < -0.4 is 5.32 Å². The van der Waals surface area contributed by atoms with E-state index in [4.69, 9.17) is 16.6 Å². The van der Waals surface area contributed by atoms with Crippen molar-refractivity contribution in [2.24, 2.45) is 7.05 Å². The minimum Gasteiger partial charge on any atom is -0.384 e. The van der Waals surface area contributed by atoms with E-state index in [-0.39, 0.29) is 0 Å². The second-order valence-electron chi connectivity index (χ2n) is 5.56. The van der Waals surface area contributed by atoms with Crippen LogP contribution in [0.1, 0.15) is 17.3 Å². The van der Waals surface area contributed by atoms with E-state index >= 15 is 0 Å². The quantitative estimate of drug-likeness (QED) is 0.775. The lowest BCUT2D eigenvalue weighted by Gasteiger charge is -2.10. The predicted molar refractivity (Wildman–Crippen MR) is 87.1 cm³/mol. The third-order valence-electron chi connectivity index (χ3n) is 4.31. The van der Waals surface area contributed by atoms with Gasteiger partial charge in [0.1, 0.15) is 5.82 Å². The number of aryl methyl sites for hydroxylation is 1. The van der Waals surface area contributed by atoms with Gasteiger partial charge in [0.2, 0.25) is 0 Å². The molecule has 1 aromatic heterocycles. The van der Waals surface area contributed by atoms with Crippen LogP contribution in [-0.4, -0.2) is 16.1 Å². The van der Waals surface area contributed by atoms with Crippen molar-refractivity contribution in [3.05, 3.63) is 58.9 Å². The van der Waals surface area contributed by atoms with E-state index in [0.29, 0.717) is 5.92 Å². The van der Waals surface area contributed by atoms with Gasteiger partial charge in [0.25, 0.3) is 0 Å². The fourth-order valence-electron chi connectivity index (χ4n) is 3.21. The summed E-state index contributed by atoms with van der Waals surface area (Å²) >= 11 is 6.30. The Labute approximate surface area is 128 Å². The summed E-state index contributed by atoms with van der Waals surface area (Å²) in [5.74, 6) is 1.55. The molecule has 2 heterocycles. The van der Waals surface area contributed by atoms with Gasteiger partial charge in [0, 0.05) is 31.6 Å². The lowest BCUT2D eigenvalue weighted by atomic mass is 9.98. The van der Waals surface area contributed by atoms with Crippen LogP contribution >= 0.6 is 11.6 Å². The third kappa shape index (κ3) is 2.00. The molecule has 0 saturated heterocycles. The van der Waals surface area contributed by atoms with Crippen molar-refractivity contribution in [3.63, 3.8) is 0 Å². The van der Waals surface area contributed by atoms with Gasteiger partial charge in [-0.05, 0) is 23.8 Å². The molecule has 0 saturated carbocycles. The molecule has 1 unspecified atom stereocenters. The Bertz CT molecular complexity index is 822. The maximum absolute atomic E-state index is 6.30. The van der Waals surface area contributed by atoms with Gasteiger partial charge in [-0.25, -0.2) is 4.98 Å². The summed E-state index contributed by atoms with van der Waals surface area (Å²) in [5.41, 5.74) is 4.63. The Hall–Kier alpha value is -2.00. The van der Waals surface area contributed by atoms with Crippen LogP contribution in [0.5, 0.6) is 0 Å². The van der Waals surface area contributed by atoms with Crippen molar-refractivity contribution >= 4 is 28.3 Å². The van der Waals surface area contributed by atoms with Crippen molar-refractivity contribution in [3.8, 4) is 0 Å².